The molecular formula is C14H11BrF2O2. The number of aliphatic hydroxyl groups is 1. The van der Waals surface area contributed by atoms with Gasteiger partial charge in [-0.15, -0.1) is 0 Å². The number of rotatable bonds is 3. The Bertz CT molecular complexity index is 602. The third-order valence-corrected chi connectivity index (χ3v) is 3.40. The van der Waals surface area contributed by atoms with E-state index in [1.807, 2.05) is 0 Å². The van der Waals surface area contributed by atoms with Gasteiger partial charge >= 0.3 is 0 Å². The number of benzene rings is 2. The topological polar surface area (TPSA) is 29.5 Å². The zero-order valence-electron chi connectivity index (χ0n) is 10.0. The second-order valence-corrected chi connectivity index (χ2v) is 4.76. The van der Waals surface area contributed by atoms with Crippen molar-refractivity contribution >= 4 is 15.9 Å². The van der Waals surface area contributed by atoms with E-state index >= 15 is 0 Å². The van der Waals surface area contributed by atoms with Crippen molar-refractivity contribution in [3.63, 3.8) is 0 Å². The van der Waals surface area contributed by atoms with Crippen molar-refractivity contribution in [3.8, 4) is 5.75 Å². The van der Waals surface area contributed by atoms with Gasteiger partial charge in [-0.1, -0.05) is 24.3 Å². The van der Waals surface area contributed by atoms with E-state index in [-0.39, 0.29) is 21.3 Å². The van der Waals surface area contributed by atoms with E-state index in [0.29, 0.717) is 0 Å². The molecule has 0 bridgehead atoms. The van der Waals surface area contributed by atoms with Gasteiger partial charge in [-0.25, -0.2) is 8.78 Å². The third-order valence-electron chi connectivity index (χ3n) is 2.78. The van der Waals surface area contributed by atoms with Gasteiger partial charge < -0.3 is 9.84 Å². The summed E-state index contributed by atoms with van der Waals surface area (Å²) in [6.45, 7) is 0. The van der Waals surface area contributed by atoms with Crippen LogP contribution in [0, 0.1) is 11.6 Å². The Hall–Kier alpha value is -1.46. The first-order chi connectivity index (χ1) is 9.06. The highest BCUT2D eigenvalue weighted by Gasteiger charge is 2.21. The lowest BCUT2D eigenvalue weighted by molar-refractivity contribution is 0.208. The molecule has 0 fully saturated rings. The smallest absolute Gasteiger partial charge is 0.171 e. The van der Waals surface area contributed by atoms with Gasteiger partial charge in [0, 0.05) is 11.1 Å². The van der Waals surface area contributed by atoms with Crippen LogP contribution in [0.2, 0.25) is 0 Å². The van der Waals surface area contributed by atoms with Gasteiger partial charge in [0.2, 0.25) is 0 Å². The van der Waals surface area contributed by atoms with Crippen LogP contribution in [0.3, 0.4) is 0 Å². The van der Waals surface area contributed by atoms with Crippen LogP contribution in [0.25, 0.3) is 0 Å². The van der Waals surface area contributed by atoms with Crippen molar-refractivity contribution in [2.75, 3.05) is 7.11 Å². The Morgan fingerprint density at radius 1 is 1.05 bits per heavy atom. The maximum absolute atomic E-state index is 14.0. The van der Waals surface area contributed by atoms with E-state index in [4.69, 9.17) is 4.74 Å². The van der Waals surface area contributed by atoms with Crippen LogP contribution >= 0.6 is 15.9 Å². The Labute approximate surface area is 117 Å². The first kappa shape index (κ1) is 14.0. The molecule has 100 valence electrons. The first-order valence-corrected chi connectivity index (χ1v) is 6.30. The maximum atomic E-state index is 14.0. The van der Waals surface area contributed by atoms with Gasteiger partial charge in [0.1, 0.15) is 11.9 Å². The number of aliphatic hydroxyl groups excluding tert-OH is 1. The molecule has 2 aromatic rings. The summed E-state index contributed by atoms with van der Waals surface area (Å²) < 4.78 is 33.0. The molecule has 0 aliphatic heterocycles. The van der Waals surface area contributed by atoms with Gasteiger partial charge in [0.05, 0.1) is 11.6 Å². The van der Waals surface area contributed by atoms with Gasteiger partial charge in [0.25, 0.3) is 0 Å². The molecule has 5 heteroatoms. The highest BCUT2D eigenvalue weighted by atomic mass is 79.9. The zero-order valence-corrected chi connectivity index (χ0v) is 11.6. The Morgan fingerprint density at radius 3 is 2.26 bits per heavy atom. The van der Waals surface area contributed by atoms with Crippen molar-refractivity contribution in [2.24, 2.45) is 0 Å². The lowest BCUT2D eigenvalue weighted by Gasteiger charge is -2.15. The maximum Gasteiger partial charge on any atom is 0.171 e. The van der Waals surface area contributed by atoms with E-state index < -0.39 is 17.7 Å². The summed E-state index contributed by atoms with van der Waals surface area (Å²) in [5, 5.41) is 10.1. The molecule has 0 aromatic heterocycles. The van der Waals surface area contributed by atoms with Gasteiger partial charge in [0.15, 0.2) is 11.6 Å². The second kappa shape index (κ2) is 5.67. The Kier molecular flexibility index (Phi) is 4.17. The second-order valence-electron chi connectivity index (χ2n) is 3.91. The van der Waals surface area contributed by atoms with Gasteiger partial charge in [-0.05, 0) is 28.1 Å². The molecule has 0 aliphatic carbocycles. The Balaban J connectivity index is 2.50. The summed E-state index contributed by atoms with van der Waals surface area (Å²) in [7, 11) is 1.33. The van der Waals surface area contributed by atoms with E-state index in [0.717, 1.165) is 0 Å². The highest BCUT2D eigenvalue weighted by Crippen LogP contribution is 2.32. The predicted molar refractivity (Wildman–Crippen MR) is 71.1 cm³/mol. The monoisotopic (exact) mass is 328 g/mol. The minimum absolute atomic E-state index is 0.00141. The minimum atomic E-state index is -1.40. The summed E-state index contributed by atoms with van der Waals surface area (Å²) in [6, 6.07) is 8.85. The van der Waals surface area contributed by atoms with Crippen LogP contribution in [-0.4, -0.2) is 12.2 Å². The first-order valence-electron chi connectivity index (χ1n) is 5.50. The fourth-order valence-electron chi connectivity index (χ4n) is 1.80. The van der Waals surface area contributed by atoms with Crippen molar-refractivity contribution in [1.29, 1.82) is 0 Å². The average molecular weight is 329 g/mol. The van der Waals surface area contributed by atoms with Crippen molar-refractivity contribution < 1.29 is 18.6 Å². The molecule has 0 saturated carbocycles. The molecule has 1 atom stereocenters. The van der Waals surface area contributed by atoms with E-state index in [9.17, 15) is 13.9 Å². The minimum Gasteiger partial charge on any atom is -0.494 e. The third kappa shape index (κ3) is 2.62. The molecule has 0 spiro atoms. The highest BCUT2D eigenvalue weighted by molar-refractivity contribution is 9.10. The quantitative estimate of drug-likeness (QED) is 0.928. The number of hydrogen-bond acceptors (Lipinski definition) is 2. The average Bonchev–Trinajstić information content (AvgIpc) is 2.41. The lowest BCUT2D eigenvalue weighted by Crippen LogP contribution is -2.06. The molecule has 2 aromatic carbocycles. The molecule has 0 saturated heterocycles. The summed E-state index contributed by atoms with van der Waals surface area (Å²) in [5.41, 5.74) is -0.0297. The van der Waals surface area contributed by atoms with Crippen molar-refractivity contribution in [2.45, 2.75) is 6.10 Å². The summed E-state index contributed by atoms with van der Waals surface area (Å²) in [4.78, 5) is 0. The number of ether oxygens (including phenoxy) is 1. The predicted octanol–water partition coefficient (Wildman–Crippen LogP) is 3.82. The molecular weight excluding hydrogens is 318 g/mol. The molecule has 2 nitrogen and oxygen atoms in total. The zero-order chi connectivity index (χ0) is 14.0. The van der Waals surface area contributed by atoms with Crippen LogP contribution in [0.15, 0.2) is 40.9 Å². The van der Waals surface area contributed by atoms with Crippen LogP contribution in [0.1, 0.15) is 17.2 Å². The molecule has 0 aliphatic rings. The fraction of sp³-hybridized carbons (Fsp3) is 0.143. The standard InChI is InChI=1S/C14H11BrF2O2/c1-19-11-7-3-5-9(13(11)17)14(18)8-4-2-6-10(15)12(8)16/h2-7,14,18H,1H3. The Morgan fingerprint density at radius 2 is 1.63 bits per heavy atom. The molecule has 0 amide bonds. The van der Waals surface area contributed by atoms with Crippen molar-refractivity contribution in [1.82, 2.24) is 0 Å². The SMILES string of the molecule is COc1cccc(C(O)c2cccc(Br)c2F)c1F. The largest absolute Gasteiger partial charge is 0.494 e. The number of hydrogen-bond donors (Lipinski definition) is 1. The van der Waals surface area contributed by atoms with Crippen molar-refractivity contribution in [3.05, 3.63) is 63.6 Å². The fourth-order valence-corrected chi connectivity index (χ4v) is 2.18. The van der Waals surface area contributed by atoms with Crippen LogP contribution in [0.4, 0.5) is 8.78 Å². The van der Waals surface area contributed by atoms with Gasteiger partial charge in [-0.3, -0.25) is 0 Å². The van der Waals surface area contributed by atoms with E-state index in [1.165, 1.54) is 37.4 Å². The molecule has 0 heterocycles. The van der Waals surface area contributed by atoms with Crippen LogP contribution in [-0.2, 0) is 0 Å². The summed E-state index contributed by atoms with van der Waals surface area (Å²) in [6.07, 6.45) is -1.40. The molecule has 1 unspecified atom stereocenters. The lowest BCUT2D eigenvalue weighted by atomic mass is 10.0. The molecule has 19 heavy (non-hydrogen) atoms. The van der Waals surface area contributed by atoms with Crippen LogP contribution < -0.4 is 4.74 Å². The van der Waals surface area contributed by atoms with E-state index in [1.54, 1.807) is 6.07 Å². The number of halogens is 3. The molecule has 0 radical (unpaired) electrons. The summed E-state index contributed by atoms with van der Waals surface area (Å²) >= 11 is 3.03. The van der Waals surface area contributed by atoms with Gasteiger partial charge in [-0.2, -0.15) is 0 Å². The van der Waals surface area contributed by atoms with E-state index in [2.05, 4.69) is 15.9 Å². The molecule has 2 rings (SSSR count). The molecule has 1 N–H and O–H groups in total. The summed E-state index contributed by atoms with van der Waals surface area (Å²) in [5.74, 6) is -1.30. The number of methoxy groups -OCH3 is 1. The van der Waals surface area contributed by atoms with Crippen LogP contribution in [0.5, 0.6) is 5.75 Å². The normalized spacial score (nSPS) is 12.3.